The number of carbonyl (C=O) groups excluding carboxylic acids is 1. The summed E-state index contributed by atoms with van der Waals surface area (Å²) in [7, 11) is 1.47. The van der Waals surface area contributed by atoms with Crippen molar-refractivity contribution in [2.75, 3.05) is 25.6 Å². The van der Waals surface area contributed by atoms with Crippen LogP contribution in [-0.4, -0.2) is 53.5 Å². The quantitative estimate of drug-likeness (QED) is 0.249. The lowest BCUT2D eigenvalue weighted by molar-refractivity contribution is -0.241. The van der Waals surface area contributed by atoms with Gasteiger partial charge >= 0.3 is 0 Å². The van der Waals surface area contributed by atoms with Crippen LogP contribution in [0.3, 0.4) is 0 Å². The number of amidine groups is 1. The van der Waals surface area contributed by atoms with E-state index < -0.39 is 11.7 Å². The van der Waals surface area contributed by atoms with Crippen molar-refractivity contribution in [1.82, 2.24) is 9.99 Å². The molecule has 32 heavy (non-hydrogen) atoms. The highest BCUT2D eigenvalue weighted by Gasteiger charge is 2.37. The monoisotopic (exact) mass is 439 g/mol. The molecule has 0 spiro atoms. The molecule has 1 fully saturated rings. The van der Waals surface area contributed by atoms with E-state index >= 15 is 0 Å². The number of oxime groups is 1. The fraction of sp³-hybridized carbons (Fsp3) is 0.333. The minimum atomic E-state index is -1.35. The largest absolute Gasteiger partial charge is 0.389 e. The Morgan fingerprint density at radius 2 is 1.94 bits per heavy atom. The summed E-state index contributed by atoms with van der Waals surface area (Å²) in [6, 6.07) is 14.1. The highest BCUT2D eigenvalue weighted by Crippen LogP contribution is 2.20. The zero-order valence-corrected chi connectivity index (χ0v) is 17.9. The summed E-state index contributed by atoms with van der Waals surface area (Å²) in [4.78, 5) is 22.3. The first-order chi connectivity index (χ1) is 15.4. The van der Waals surface area contributed by atoms with Crippen molar-refractivity contribution in [3.8, 4) is 0 Å². The van der Waals surface area contributed by atoms with E-state index in [9.17, 15) is 4.79 Å². The van der Waals surface area contributed by atoms with E-state index in [1.54, 1.807) is 37.3 Å². The fourth-order valence-corrected chi connectivity index (χ4v) is 2.82. The van der Waals surface area contributed by atoms with Gasteiger partial charge in [0.25, 0.3) is 5.91 Å². The lowest BCUT2D eigenvalue weighted by Crippen LogP contribution is -2.48. The van der Waals surface area contributed by atoms with Crippen molar-refractivity contribution in [2.45, 2.75) is 25.7 Å². The number of pyridine rings is 1. The first-order valence-corrected chi connectivity index (χ1v) is 9.93. The summed E-state index contributed by atoms with van der Waals surface area (Å²) in [6.45, 7) is 2.47. The van der Waals surface area contributed by atoms with Gasteiger partial charge in [-0.2, -0.15) is 5.53 Å². The van der Waals surface area contributed by atoms with Gasteiger partial charge in [0.1, 0.15) is 5.82 Å². The Bertz CT molecular complexity index is 991. The van der Waals surface area contributed by atoms with Crippen LogP contribution in [0.2, 0.25) is 0 Å². The lowest BCUT2D eigenvalue weighted by atomic mass is 10.1. The Morgan fingerprint density at radius 1 is 1.22 bits per heavy atom. The van der Waals surface area contributed by atoms with E-state index in [2.05, 4.69) is 20.7 Å². The molecular weight excluding hydrogens is 414 g/mol. The fourth-order valence-electron chi connectivity index (χ4n) is 2.82. The van der Waals surface area contributed by atoms with Gasteiger partial charge in [-0.05, 0) is 25.5 Å². The molecule has 3 N–H and O–H groups in total. The minimum absolute atomic E-state index is 0.000671. The number of rotatable bonds is 8. The number of hydrogen-bond acceptors (Lipinski definition) is 9. The maximum atomic E-state index is 12.5. The van der Waals surface area contributed by atoms with E-state index in [4.69, 9.17) is 25.3 Å². The summed E-state index contributed by atoms with van der Waals surface area (Å²) in [5.41, 5.74) is 8.50. The van der Waals surface area contributed by atoms with E-state index in [0.29, 0.717) is 30.3 Å². The van der Waals surface area contributed by atoms with Gasteiger partial charge in [0.2, 0.25) is 5.79 Å². The molecule has 0 aliphatic carbocycles. The molecular formula is C21H25N7O4. The van der Waals surface area contributed by atoms with Crippen LogP contribution in [0.4, 0.5) is 5.82 Å². The molecule has 0 unspecified atom stereocenters. The third kappa shape index (κ3) is 5.71. The zero-order valence-electron chi connectivity index (χ0n) is 17.9. The molecule has 11 heteroatoms. The predicted octanol–water partition coefficient (Wildman–Crippen LogP) is 2.95. The Kier molecular flexibility index (Phi) is 7.58. The SMILES string of the molecule is CN(N=N)C(=N)/C(=N\OCc1cccc(NC(=O)C2(C)OCCCO2)n1)c1ccccc1. The number of ether oxygens (including phenoxy) is 2. The van der Waals surface area contributed by atoms with Gasteiger partial charge in [-0.3, -0.25) is 10.2 Å². The van der Waals surface area contributed by atoms with Crippen LogP contribution in [-0.2, 0) is 25.7 Å². The number of hydrogen-bond donors (Lipinski definition) is 3. The molecule has 0 saturated carbocycles. The molecule has 11 nitrogen and oxygen atoms in total. The molecule has 3 rings (SSSR count). The lowest BCUT2D eigenvalue weighted by Gasteiger charge is -2.32. The predicted molar refractivity (Wildman–Crippen MR) is 116 cm³/mol. The van der Waals surface area contributed by atoms with Gasteiger partial charge in [-0.1, -0.05) is 46.8 Å². The average Bonchev–Trinajstić information content (AvgIpc) is 2.82. The van der Waals surface area contributed by atoms with Gasteiger partial charge < -0.3 is 19.6 Å². The second-order valence-corrected chi connectivity index (χ2v) is 7.02. The van der Waals surface area contributed by atoms with E-state index in [0.717, 1.165) is 11.4 Å². The van der Waals surface area contributed by atoms with Crippen LogP contribution in [0.5, 0.6) is 0 Å². The van der Waals surface area contributed by atoms with E-state index in [1.807, 2.05) is 18.2 Å². The van der Waals surface area contributed by atoms with Crippen molar-refractivity contribution < 1.29 is 19.1 Å². The van der Waals surface area contributed by atoms with Crippen LogP contribution in [0.1, 0.15) is 24.6 Å². The maximum Gasteiger partial charge on any atom is 0.285 e. The molecule has 2 heterocycles. The van der Waals surface area contributed by atoms with E-state index in [1.165, 1.54) is 7.05 Å². The molecule has 1 aromatic heterocycles. The van der Waals surface area contributed by atoms with Crippen LogP contribution < -0.4 is 5.32 Å². The topological polar surface area (TPSA) is 145 Å². The van der Waals surface area contributed by atoms with Crippen molar-refractivity contribution >= 4 is 23.3 Å². The molecule has 1 amide bonds. The highest BCUT2D eigenvalue weighted by atomic mass is 16.7. The number of nitrogens with one attached hydrogen (secondary N) is 3. The van der Waals surface area contributed by atoms with Crippen LogP contribution in [0.25, 0.3) is 0 Å². The summed E-state index contributed by atoms with van der Waals surface area (Å²) in [6.07, 6.45) is 0.739. The number of carbonyl (C=O) groups is 1. The van der Waals surface area contributed by atoms with Crippen molar-refractivity contribution in [3.63, 3.8) is 0 Å². The summed E-state index contributed by atoms with van der Waals surface area (Å²) >= 11 is 0. The molecule has 2 aromatic rings. The first kappa shape index (κ1) is 23.0. The Morgan fingerprint density at radius 3 is 2.62 bits per heavy atom. The van der Waals surface area contributed by atoms with Crippen LogP contribution in [0, 0.1) is 10.9 Å². The Balaban J connectivity index is 1.69. The molecule has 0 bridgehead atoms. The van der Waals surface area contributed by atoms with Gasteiger partial charge in [-0.25, -0.2) is 9.99 Å². The van der Waals surface area contributed by atoms with Gasteiger partial charge in [0.15, 0.2) is 18.2 Å². The summed E-state index contributed by atoms with van der Waals surface area (Å²) in [5.74, 6) is -1.57. The van der Waals surface area contributed by atoms with Crippen molar-refractivity contribution in [2.24, 2.45) is 10.4 Å². The average molecular weight is 439 g/mol. The van der Waals surface area contributed by atoms with Crippen LogP contribution in [0.15, 0.2) is 58.9 Å². The molecule has 1 aliphatic heterocycles. The van der Waals surface area contributed by atoms with Crippen molar-refractivity contribution in [3.05, 3.63) is 59.8 Å². The third-order valence-electron chi connectivity index (χ3n) is 4.62. The number of amides is 1. The summed E-state index contributed by atoms with van der Waals surface area (Å²) < 4.78 is 10.9. The normalized spacial score (nSPS) is 15.5. The number of anilines is 1. The molecule has 1 saturated heterocycles. The number of aromatic nitrogens is 1. The second-order valence-electron chi connectivity index (χ2n) is 7.02. The first-order valence-electron chi connectivity index (χ1n) is 9.93. The number of benzene rings is 1. The molecule has 168 valence electrons. The zero-order chi connectivity index (χ0) is 23.0. The van der Waals surface area contributed by atoms with Gasteiger partial charge in [0, 0.05) is 12.6 Å². The smallest absolute Gasteiger partial charge is 0.285 e. The number of likely N-dealkylation sites (N-methyl/N-ethyl adjacent to an activating group) is 1. The minimum Gasteiger partial charge on any atom is -0.389 e. The maximum absolute atomic E-state index is 12.5. The third-order valence-corrected chi connectivity index (χ3v) is 4.62. The van der Waals surface area contributed by atoms with E-state index in [-0.39, 0.29) is 18.2 Å². The Hall–Kier alpha value is -3.70. The highest BCUT2D eigenvalue weighted by molar-refractivity contribution is 6.46. The Labute approximate surface area is 185 Å². The molecule has 0 radical (unpaired) electrons. The molecule has 0 atom stereocenters. The van der Waals surface area contributed by atoms with Crippen molar-refractivity contribution in [1.29, 1.82) is 10.9 Å². The van der Waals surface area contributed by atoms with Gasteiger partial charge in [-0.15, -0.1) is 0 Å². The van der Waals surface area contributed by atoms with Gasteiger partial charge in [0.05, 0.1) is 18.9 Å². The van der Waals surface area contributed by atoms with Crippen LogP contribution >= 0.6 is 0 Å². The molecule has 1 aromatic carbocycles. The molecule has 1 aliphatic rings. The standard InChI is InChI=1S/C21H25N7O4/c1-21(30-12-7-13-31-21)20(29)25-17-11-6-10-16(24-17)14-32-26-18(19(22)28(2)27-23)15-8-4-3-5-9-15/h3-6,8-11,22-23H,7,12-14H2,1-2H3,(H,24,25,29)/b22-19?,26-18-,27-23?. The summed E-state index contributed by atoms with van der Waals surface area (Å²) in [5, 5.41) is 19.3. The number of nitrogens with zero attached hydrogens (tertiary/aromatic N) is 4. The second kappa shape index (κ2) is 10.6.